The molecule has 0 amide bonds. The number of hydrogen-bond acceptors (Lipinski definition) is 1. The summed E-state index contributed by atoms with van der Waals surface area (Å²) in [5, 5.41) is 0.426. The normalized spacial score (nSPS) is 12.1. The summed E-state index contributed by atoms with van der Waals surface area (Å²) in [7, 11) is 0. The second kappa shape index (κ2) is 6.39. The van der Waals surface area contributed by atoms with Crippen LogP contribution in [0.4, 0.5) is 0 Å². The molecule has 0 bridgehead atoms. The molecule has 88 valence electrons. The molecule has 0 aliphatic rings. The number of hydrogen-bond donors (Lipinski definition) is 0. The Bertz CT molecular complexity index is 384. The van der Waals surface area contributed by atoms with Gasteiger partial charge in [0.2, 0.25) is 0 Å². The van der Waals surface area contributed by atoms with Crippen molar-refractivity contribution in [2.45, 2.75) is 19.8 Å². The number of ether oxygens (including phenoxy) is 1. The summed E-state index contributed by atoms with van der Waals surface area (Å²) in [4.78, 5) is 0. The molecule has 1 rings (SSSR count). The zero-order valence-corrected chi connectivity index (χ0v) is 11.4. The van der Waals surface area contributed by atoms with Crippen LogP contribution in [0.2, 0.25) is 0 Å². The van der Waals surface area contributed by atoms with Crippen molar-refractivity contribution >= 4 is 34.8 Å². The topological polar surface area (TPSA) is 9.23 Å². The number of para-hydroxylation sites is 1. The molecular formula is C12H13Cl3O. The first-order chi connectivity index (χ1) is 7.57. The van der Waals surface area contributed by atoms with E-state index in [1.807, 2.05) is 38.1 Å². The maximum Gasteiger partial charge on any atom is 0.123 e. The number of halogens is 3. The van der Waals surface area contributed by atoms with Gasteiger partial charge in [-0.1, -0.05) is 59.9 Å². The van der Waals surface area contributed by atoms with Crippen LogP contribution in [0, 0.1) is 0 Å². The van der Waals surface area contributed by atoms with Gasteiger partial charge in [-0.2, -0.15) is 0 Å². The van der Waals surface area contributed by atoms with E-state index in [0.29, 0.717) is 11.6 Å². The summed E-state index contributed by atoms with van der Waals surface area (Å²) >= 11 is 17.4. The van der Waals surface area contributed by atoms with E-state index >= 15 is 0 Å². The Labute approximate surface area is 111 Å². The molecule has 0 radical (unpaired) electrons. The second-order valence-electron chi connectivity index (χ2n) is 3.30. The molecule has 0 saturated carbocycles. The monoisotopic (exact) mass is 278 g/mol. The average Bonchev–Trinajstić information content (AvgIpc) is 2.28. The third-order valence-corrected chi connectivity index (χ3v) is 3.36. The highest BCUT2D eigenvalue weighted by molar-refractivity contribution is 6.59. The lowest BCUT2D eigenvalue weighted by Crippen LogP contribution is -2.00. The van der Waals surface area contributed by atoms with Gasteiger partial charge in [-0.05, 0) is 13.0 Å². The summed E-state index contributed by atoms with van der Waals surface area (Å²) in [6.07, 6.45) is 0. The van der Waals surface area contributed by atoms with E-state index in [-0.39, 0.29) is 10.4 Å². The van der Waals surface area contributed by atoms with E-state index < -0.39 is 0 Å². The lowest BCUT2D eigenvalue weighted by molar-refractivity contribution is 0.336. The first kappa shape index (κ1) is 13.7. The molecule has 1 aromatic rings. The number of benzene rings is 1. The highest BCUT2D eigenvalue weighted by atomic mass is 35.5. The first-order valence-corrected chi connectivity index (χ1v) is 6.13. The molecular weight excluding hydrogens is 266 g/mol. The van der Waals surface area contributed by atoms with Crippen LogP contribution in [0.25, 0.3) is 0 Å². The first-order valence-electron chi connectivity index (χ1n) is 5.00. The largest absolute Gasteiger partial charge is 0.494 e. The van der Waals surface area contributed by atoms with Crippen molar-refractivity contribution in [1.29, 1.82) is 0 Å². The van der Waals surface area contributed by atoms with E-state index in [2.05, 4.69) is 0 Å². The summed E-state index contributed by atoms with van der Waals surface area (Å²) < 4.78 is 5.62. The van der Waals surface area contributed by atoms with E-state index in [1.54, 1.807) is 0 Å². The maximum atomic E-state index is 6.03. The molecule has 0 saturated heterocycles. The highest BCUT2D eigenvalue weighted by Crippen LogP contribution is 2.36. The fourth-order valence-corrected chi connectivity index (χ4v) is 1.87. The van der Waals surface area contributed by atoms with Crippen molar-refractivity contribution in [1.82, 2.24) is 0 Å². The van der Waals surface area contributed by atoms with E-state index in [0.717, 1.165) is 11.3 Å². The van der Waals surface area contributed by atoms with Crippen LogP contribution in [0.5, 0.6) is 5.75 Å². The van der Waals surface area contributed by atoms with Crippen LogP contribution in [0.1, 0.15) is 25.3 Å². The van der Waals surface area contributed by atoms with Gasteiger partial charge in [0, 0.05) is 11.5 Å². The number of allylic oxidation sites excluding steroid dienone is 1. The van der Waals surface area contributed by atoms with Gasteiger partial charge < -0.3 is 4.74 Å². The number of rotatable bonds is 4. The lowest BCUT2D eigenvalue weighted by Gasteiger charge is -2.15. The predicted octanol–water partition coefficient (Wildman–Crippen LogP) is 5.07. The zero-order valence-electron chi connectivity index (χ0n) is 9.14. The van der Waals surface area contributed by atoms with Gasteiger partial charge in [0.1, 0.15) is 10.2 Å². The Morgan fingerprint density at radius 3 is 2.44 bits per heavy atom. The Balaban J connectivity index is 3.08. The molecule has 1 unspecified atom stereocenters. The van der Waals surface area contributed by atoms with Crippen molar-refractivity contribution in [3.8, 4) is 5.75 Å². The van der Waals surface area contributed by atoms with Gasteiger partial charge in [-0.15, -0.1) is 0 Å². The molecule has 1 atom stereocenters. The van der Waals surface area contributed by atoms with Crippen LogP contribution >= 0.6 is 34.8 Å². The van der Waals surface area contributed by atoms with Crippen molar-refractivity contribution < 1.29 is 4.74 Å². The summed E-state index contributed by atoms with van der Waals surface area (Å²) in [5.41, 5.74) is 0.980. The minimum Gasteiger partial charge on any atom is -0.494 e. The van der Waals surface area contributed by atoms with E-state index in [9.17, 15) is 0 Å². The molecule has 0 N–H and O–H groups in total. The molecule has 0 aliphatic heterocycles. The zero-order chi connectivity index (χ0) is 12.1. The third kappa shape index (κ3) is 3.31. The molecule has 0 aromatic heterocycles. The van der Waals surface area contributed by atoms with E-state index in [4.69, 9.17) is 39.5 Å². The van der Waals surface area contributed by atoms with Crippen molar-refractivity contribution in [3.05, 3.63) is 39.4 Å². The molecule has 0 heterocycles. The maximum absolute atomic E-state index is 6.03. The Morgan fingerprint density at radius 1 is 1.25 bits per heavy atom. The second-order valence-corrected chi connectivity index (χ2v) is 4.66. The molecule has 1 aromatic carbocycles. The van der Waals surface area contributed by atoms with Crippen LogP contribution in [0.15, 0.2) is 33.8 Å². The van der Waals surface area contributed by atoms with Crippen LogP contribution < -0.4 is 4.74 Å². The Hall–Kier alpha value is -0.370. The summed E-state index contributed by atoms with van der Waals surface area (Å²) in [6.45, 7) is 4.48. The molecule has 4 heteroatoms. The molecule has 1 nitrogen and oxygen atoms in total. The fourth-order valence-electron chi connectivity index (χ4n) is 1.43. The average molecular weight is 280 g/mol. The standard InChI is InChI=1S/C12H13Cl3O/c1-3-16-10-7-5-4-6-9(10)8(2)11(13)12(14)15/h4-8H,3H2,1-2H3. The van der Waals surface area contributed by atoms with Gasteiger partial charge in [-0.3, -0.25) is 0 Å². The third-order valence-electron chi connectivity index (χ3n) is 2.25. The molecule has 16 heavy (non-hydrogen) atoms. The minimum atomic E-state index is -0.0746. The van der Waals surface area contributed by atoms with Crippen molar-refractivity contribution in [2.24, 2.45) is 0 Å². The van der Waals surface area contributed by atoms with Gasteiger partial charge >= 0.3 is 0 Å². The molecule has 0 fully saturated rings. The predicted molar refractivity (Wildman–Crippen MR) is 70.6 cm³/mol. The summed E-state index contributed by atoms with van der Waals surface area (Å²) in [5.74, 6) is 0.736. The van der Waals surface area contributed by atoms with Gasteiger partial charge in [-0.25, -0.2) is 0 Å². The van der Waals surface area contributed by atoms with Gasteiger partial charge in [0.05, 0.1) is 11.6 Å². The lowest BCUT2D eigenvalue weighted by atomic mass is 10.00. The summed E-state index contributed by atoms with van der Waals surface area (Å²) in [6, 6.07) is 7.71. The Morgan fingerprint density at radius 2 is 1.88 bits per heavy atom. The van der Waals surface area contributed by atoms with Crippen LogP contribution in [-0.4, -0.2) is 6.61 Å². The molecule has 0 spiro atoms. The highest BCUT2D eigenvalue weighted by Gasteiger charge is 2.16. The van der Waals surface area contributed by atoms with Crippen molar-refractivity contribution in [2.75, 3.05) is 6.61 Å². The van der Waals surface area contributed by atoms with E-state index in [1.165, 1.54) is 0 Å². The molecule has 0 aliphatic carbocycles. The van der Waals surface area contributed by atoms with Crippen LogP contribution in [0.3, 0.4) is 0 Å². The van der Waals surface area contributed by atoms with Gasteiger partial charge in [0.25, 0.3) is 0 Å². The van der Waals surface area contributed by atoms with Gasteiger partial charge in [0.15, 0.2) is 0 Å². The SMILES string of the molecule is CCOc1ccccc1C(C)C(Cl)=C(Cl)Cl. The Kier molecular flexibility index (Phi) is 5.47. The van der Waals surface area contributed by atoms with Crippen molar-refractivity contribution in [3.63, 3.8) is 0 Å². The smallest absolute Gasteiger partial charge is 0.123 e. The minimum absolute atomic E-state index is 0.0746. The quantitative estimate of drug-likeness (QED) is 0.747. The fraction of sp³-hybridized carbons (Fsp3) is 0.333. The van der Waals surface area contributed by atoms with Crippen LogP contribution in [-0.2, 0) is 0 Å².